The largest absolute Gasteiger partial charge is 0.403 e. The third-order valence-corrected chi connectivity index (χ3v) is 4.96. The number of hydrogen-bond donors (Lipinski definition) is 5. The minimum absolute atomic E-state index is 0.347. The second-order valence-electron chi connectivity index (χ2n) is 7.17. The zero-order valence-corrected chi connectivity index (χ0v) is 16.8. The van der Waals surface area contributed by atoms with Gasteiger partial charge >= 0.3 is 0 Å². The van der Waals surface area contributed by atoms with Gasteiger partial charge in [-0.05, 0) is 48.6 Å². The predicted molar refractivity (Wildman–Crippen MR) is 117 cm³/mol. The van der Waals surface area contributed by atoms with E-state index in [1.807, 2.05) is 31.2 Å². The lowest BCUT2D eigenvalue weighted by Crippen LogP contribution is -2.32. The van der Waals surface area contributed by atoms with Gasteiger partial charge in [0.25, 0.3) is 0 Å². The summed E-state index contributed by atoms with van der Waals surface area (Å²) in [7, 11) is 1.68. The molecule has 0 spiro atoms. The molecule has 0 fully saturated rings. The average Bonchev–Trinajstić information content (AvgIpc) is 2.68. The summed E-state index contributed by atoms with van der Waals surface area (Å²) in [6.07, 6.45) is 5.60. The van der Waals surface area contributed by atoms with Gasteiger partial charge in [0.1, 0.15) is 17.5 Å². The summed E-state index contributed by atoms with van der Waals surface area (Å²) >= 11 is 0. The van der Waals surface area contributed by atoms with Gasteiger partial charge in [0.05, 0.1) is 11.4 Å². The van der Waals surface area contributed by atoms with E-state index in [0.717, 1.165) is 22.8 Å². The van der Waals surface area contributed by atoms with E-state index in [4.69, 9.17) is 23.0 Å². The molecule has 3 heterocycles. The number of nitrogens with one attached hydrogen (secondary N) is 1. The minimum Gasteiger partial charge on any atom is -0.403 e. The first-order chi connectivity index (χ1) is 13.7. The van der Waals surface area contributed by atoms with Crippen molar-refractivity contribution in [3.63, 3.8) is 0 Å². The minimum atomic E-state index is -0.426. The van der Waals surface area contributed by atoms with Crippen LogP contribution in [0.25, 0.3) is 16.5 Å². The molecule has 0 unspecified atom stereocenters. The van der Waals surface area contributed by atoms with Crippen molar-refractivity contribution in [2.75, 3.05) is 18.1 Å². The molecule has 0 bridgehead atoms. The quantitative estimate of drug-likeness (QED) is 0.312. The van der Waals surface area contributed by atoms with Crippen LogP contribution in [0.5, 0.6) is 0 Å². The third kappa shape index (κ3) is 4.20. The predicted octanol–water partition coefficient (Wildman–Crippen LogP) is 2.00. The van der Waals surface area contributed by atoms with Gasteiger partial charge in [-0.25, -0.2) is 20.8 Å². The molecule has 3 rings (SSSR count). The van der Waals surface area contributed by atoms with Crippen molar-refractivity contribution in [1.82, 2.24) is 20.0 Å². The lowest BCUT2D eigenvalue weighted by molar-refractivity contribution is 0.476. The summed E-state index contributed by atoms with van der Waals surface area (Å²) in [6, 6.07) is 7.58. The second-order valence-corrected chi connectivity index (χ2v) is 7.17. The highest BCUT2D eigenvalue weighted by atomic mass is 15.4. The molecule has 29 heavy (non-hydrogen) atoms. The topological polar surface area (TPSA) is 158 Å². The molecule has 0 amide bonds. The van der Waals surface area contributed by atoms with Crippen molar-refractivity contribution in [3.8, 4) is 0 Å². The maximum atomic E-state index is 6.35. The van der Waals surface area contributed by atoms with Crippen LogP contribution in [0.1, 0.15) is 31.5 Å². The molecular weight excluding hydrogens is 366 g/mol. The lowest BCUT2D eigenvalue weighted by Gasteiger charge is -2.23. The van der Waals surface area contributed by atoms with E-state index in [2.05, 4.69) is 27.2 Å². The number of nitrogen functional groups attached to an aromatic ring is 1. The molecular formula is C20H27N9. The van der Waals surface area contributed by atoms with Crippen LogP contribution in [0.4, 0.5) is 17.5 Å². The van der Waals surface area contributed by atoms with Gasteiger partial charge in [0.2, 0.25) is 0 Å². The molecule has 3 aromatic rings. The van der Waals surface area contributed by atoms with Gasteiger partial charge in [-0.1, -0.05) is 6.92 Å². The third-order valence-electron chi connectivity index (χ3n) is 4.96. The van der Waals surface area contributed by atoms with Crippen LogP contribution in [0.2, 0.25) is 0 Å². The van der Waals surface area contributed by atoms with Gasteiger partial charge < -0.3 is 27.5 Å². The number of fused-ring (bicyclic) bond motifs is 1. The normalized spacial score (nSPS) is 13.9. The summed E-state index contributed by atoms with van der Waals surface area (Å²) in [4.78, 5) is 13.2. The van der Waals surface area contributed by atoms with Crippen LogP contribution in [-0.4, -0.2) is 27.0 Å². The number of anilines is 3. The van der Waals surface area contributed by atoms with Crippen LogP contribution < -0.4 is 28.4 Å². The van der Waals surface area contributed by atoms with Crippen LogP contribution in [0.3, 0.4) is 0 Å². The standard InChI is InChI=1S/C20H27N9/c1-4-20(2,23)13-5-6-25-18(9-13)28-17-8-12-7-15(16(10-21)29(3)24)27-19(22)14(12)11-26-17/h5-11H,4,21,23-24H2,1-3H3,(H2,22,27)(H,25,26,28)/b16-10-/t20-/m0/s1. The summed E-state index contributed by atoms with van der Waals surface area (Å²) in [5.41, 5.74) is 19.8. The Hall–Kier alpha value is -3.43. The number of hydrazine groups is 1. The fraction of sp³-hybridized carbons (Fsp3) is 0.250. The summed E-state index contributed by atoms with van der Waals surface area (Å²) < 4.78 is 0. The molecule has 1 atom stereocenters. The van der Waals surface area contributed by atoms with Gasteiger partial charge in [0.15, 0.2) is 0 Å². The Bertz CT molecular complexity index is 1060. The zero-order valence-electron chi connectivity index (χ0n) is 16.8. The van der Waals surface area contributed by atoms with Gasteiger partial charge in [-0.15, -0.1) is 0 Å². The van der Waals surface area contributed by atoms with E-state index in [0.29, 0.717) is 28.8 Å². The monoisotopic (exact) mass is 393 g/mol. The highest BCUT2D eigenvalue weighted by Crippen LogP contribution is 2.27. The maximum absolute atomic E-state index is 6.35. The number of nitrogens with two attached hydrogens (primary N) is 4. The Labute approximate surface area is 169 Å². The van der Waals surface area contributed by atoms with Crippen molar-refractivity contribution < 1.29 is 0 Å². The summed E-state index contributed by atoms with van der Waals surface area (Å²) in [5, 5.41) is 6.19. The van der Waals surface area contributed by atoms with Crippen molar-refractivity contribution >= 4 is 33.9 Å². The molecule has 0 radical (unpaired) electrons. The average molecular weight is 393 g/mol. The van der Waals surface area contributed by atoms with Crippen LogP contribution in [0, 0.1) is 0 Å². The Morgan fingerprint density at radius 1 is 1.24 bits per heavy atom. The number of pyridine rings is 3. The second kappa shape index (κ2) is 7.90. The Kier molecular flexibility index (Phi) is 5.53. The van der Waals surface area contributed by atoms with Crippen molar-refractivity contribution in [2.45, 2.75) is 25.8 Å². The van der Waals surface area contributed by atoms with Gasteiger partial charge in [0, 0.05) is 36.6 Å². The number of nitrogens with zero attached hydrogens (tertiary/aromatic N) is 4. The molecule has 0 aliphatic heterocycles. The lowest BCUT2D eigenvalue weighted by atomic mass is 9.91. The Morgan fingerprint density at radius 2 is 1.97 bits per heavy atom. The van der Waals surface area contributed by atoms with Gasteiger partial charge in [-0.3, -0.25) is 0 Å². The van der Waals surface area contributed by atoms with Crippen molar-refractivity contribution in [3.05, 3.63) is 54.1 Å². The smallest absolute Gasteiger partial charge is 0.133 e. The molecule has 9 N–H and O–H groups in total. The molecule has 9 nitrogen and oxygen atoms in total. The fourth-order valence-electron chi connectivity index (χ4n) is 2.95. The first kappa shape index (κ1) is 20.3. The van der Waals surface area contributed by atoms with E-state index in [9.17, 15) is 0 Å². The van der Waals surface area contributed by atoms with Gasteiger partial charge in [-0.2, -0.15) is 0 Å². The Morgan fingerprint density at radius 3 is 2.62 bits per heavy atom. The van der Waals surface area contributed by atoms with Crippen LogP contribution in [0.15, 0.2) is 42.9 Å². The summed E-state index contributed by atoms with van der Waals surface area (Å²) in [6.45, 7) is 4.05. The first-order valence-electron chi connectivity index (χ1n) is 9.24. The molecule has 0 saturated carbocycles. The van der Waals surface area contributed by atoms with Crippen molar-refractivity contribution in [1.29, 1.82) is 0 Å². The molecule has 0 aromatic carbocycles. The number of aromatic nitrogens is 3. The highest BCUT2D eigenvalue weighted by Gasteiger charge is 2.19. The molecule has 0 aliphatic rings. The van der Waals surface area contributed by atoms with E-state index >= 15 is 0 Å². The fourth-order valence-corrected chi connectivity index (χ4v) is 2.95. The maximum Gasteiger partial charge on any atom is 0.133 e. The first-order valence-corrected chi connectivity index (χ1v) is 9.24. The summed E-state index contributed by atoms with van der Waals surface area (Å²) in [5.74, 6) is 7.45. The van der Waals surface area contributed by atoms with E-state index in [-0.39, 0.29) is 0 Å². The van der Waals surface area contributed by atoms with E-state index < -0.39 is 5.54 Å². The Balaban J connectivity index is 1.99. The van der Waals surface area contributed by atoms with E-state index in [1.54, 1.807) is 19.4 Å². The molecule has 0 saturated heterocycles. The molecule has 3 aromatic heterocycles. The molecule has 0 aliphatic carbocycles. The van der Waals surface area contributed by atoms with Crippen LogP contribution >= 0.6 is 0 Å². The SMILES string of the molecule is CC[C@](C)(N)c1ccnc(Nc2cc3cc(/C(=C/N)N(C)N)nc(N)c3cn2)c1. The zero-order chi connectivity index (χ0) is 21.2. The van der Waals surface area contributed by atoms with Crippen LogP contribution in [-0.2, 0) is 5.54 Å². The van der Waals surface area contributed by atoms with Crippen molar-refractivity contribution in [2.24, 2.45) is 17.3 Å². The van der Waals surface area contributed by atoms with E-state index in [1.165, 1.54) is 11.2 Å². The highest BCUT2D eigenvalue weighted by molar-refractivity contribution is 5.93. The number of rotatable bonds is 6. The molecule has 9 heteroatoms. The molecule has 152 valence electrons. The number of hydrogen-bond acceptors (Lipinski definition) is 9.